The van der Waals surface area contributed by atoms with Crippen LogP contribution in [0.15, 0.2) is 30.6 Å². The van der Waals surface area contributed by atoms with Crippen molar-refractivity contribution in [2.45, 2.75) is 26.8 Å². The van der Waals surface area contributed by atoms with Crippen LogP contribution in [0.4, 0.5) is 5.69 Å². The maximum atomic E-state index is 12.8. The molecule has 6 nitrogen and oxygen atoms in total. The van der Waals surface area contributed by atoms with Crippen LogP contribution in [-0.4, -0.2) is 40.1 Å². The van der Waals surface area contributed by atoms with Crippen molar-refractivity contribution in [3.05, 3.63) is 47.3 Å². The number of hydrogen-bond acceptors (Lipinski definition) is 3. The second-order valence-electron chi connectivity index (χ2n) is 6.84. The Morgan fingerprint density at radius 3 is 2.80 bits per heavy atom. The fraction of sp³-hybridized carbons (Fsp3) is 0.421. The third-order valence-corrected chi connectivity index (χ3v) is 4.90. The van der Waals surface area contributed by atoms with Gasteiger partial charge in [0.25, 0.3) is 0 Å². The molecule has 1 aromatic carbocycles. The summed E-state index contributed by atoms with van der Waals surface area (Å²) in [5, 5.41) is 4.12. The number of anilines is 1. The minimum absolute atomic E-state index is 0.00464. The monoisotopic (exact) mass is 340 g/mol. The molecule has 2 amide bonds. The lowest BCUT2D eigenvalue weighted by atomic mass is 10.1. The third-order valence-electron chi connectivity index (χ3n) is 4.90. The molecule has 0 unspecified atom stereocenters. The van der Waals surface area contributed by atoms with Gasteiger partial charge in [-0.15, -0.1) is 0 Å². The van der Waals surface area contributed by atoms with Crippen molar-refractivity contribution in [3.8, 4) is 0 Å². The predicted molar refractivity (Wildman–Crippen MR) is 96.1 cm³/mol. The van der Waals surface area contributed by atoms with Crippen molar-refractivity contribution in [2.24, 2.45) is 13.0 Å². The molecule has 1 aliphatic rings. The first kappa shape index (κ1) is 17.2. The highest BCUT2D eigenvalue weighted by atomic mass is 16.2. The zero-order chi connectivity index (χ0) is 18.1. The average Bonchev–Trinajstić information content (AvgIpc) is 3.15. The summed E-state index contributed by atoms with van der Waals surface area (Å²) in [7, 11) is 3.63. The molecule has 0 radical (unpaired) electrons. The van der Waals surface area contributed by atoms with Gasteiger partial charge in [-0.25, -0.2) is 0 Å². The summed E-state index contributed by atoms with van der Waals surface area (Å²) >= 11 is 0. The van der Waals surface area contributed by atoms with E-state index in [2.05, 4.69) is 5.10 Å². The summed E-state index contributed by atoms with van der Waals surface area (Å²) in [4.78, 5) is 28.7. The molecule has 25 heavy (non-hydrogen) atoms. The molecule has 0 aliphatic carbocycles. The quantitative estimate of drug-likeness (QED) is 0.856. The van der Waals surface area contributed by atoms with E-state index in [9.17, 15) is 9.59 Å². The number of benzene rings is 1. The molecule has 3 rings (SSSR count). The highest BCUT2D eigenvalue weighted by molar-refractivity contribution is 6.00. The van der Waals surface area contributed by atoms with E-state index < -0.39 is 0 Å². The van der Waals surface area contributed by atoms with E-state index in [1.54, 1.807) is 27.7 Å². The SMILES string of the molecule is Cc1cccc(N2C[C@H](C(=O)N(C)Cc3cnn(C)c3)CC2=O)c1C. The van der Waals surface area contributed by atoms with Gasteiger partial charge in [0.05, 0.1) is 12.1 Å². The molecule has 1 aliphatic heterocycles. The standard InChI is InChI=1S/C19H24N4O2/c1-13-6-5-7-17(14(13)2)23-12-16(8-18(23)24)19(25)21(3)10-15-9-20-22(4)11-15/h5-7,9,11,16H,8,10,12H2,1-4H3/t16-/m1/s1. The zero-order valence-corrected chi connectivity index (χ0v) is 15.2. The summed E-state index contributed by atoms with van der Waals surface area (Å²) < 4.78 is 1.72. The first-order chi connectivity index (χ1) is 11.9. The number of amides is 2. The zero-order valence-electron chi connectivity index (χ0n) is 15.2. The van der Waals surface area contributed by atoms with Crippen molar-refractivity contribution in [1.82, 2.24) is 14.7 Å². The Labute approximate surface area is 148 Å². The fourth-order valence-electron chi connectivity index (χ4n) is 3.35. The third kappa shape index (κ3) is 3.43. The van der Waals surface area contributed by atoms with Gasteiger partial charge in [0.1, 0.15) is 0 Å². The van der Waals surface area contributed by atoms with Gasteiger partial charge in [-0.3, -0.25) is 14.3 Å². The fourth-order valence-corrected chi connectivity index (χ4v) is 3.35. The molecule has 6 heteroatoms. The Hall–Kier alpha value is -2.63. The Morgan fingerprint density at radius 1 is 1.36 bits per heavy atom. The number of aromatic nitrogens is 2. The van der Waals surface area contributed by atoms with Crippen LogP contribution in [-0.2, 0) is 23.2 Å². The molecule has 2 heterocycles. The molecule has 1 atom stereocenters. The highest BCUT2D eigenvalue weighted by Crippen LogP contribution is 2.30. The van der Waals surface area contributed by atoms with E-state index in [0.29, 0.717) is 13.1 Å². The van der Waals surface area contributed by atoms with E-state index in [0.717, 1.165) is 22.4 Å². The van der Waals surface area contributed by atoms with Crippen molar-refractivity contribution >= 4 is 17.5 Å². The molecule has 1 aromatic heterocycles. The molecular weight excluding hydrogens is 316 g/mol. The minimum Gasteiger partial charge on any atom is -0.341 e. The summed E-state index contributed by atoms with van der Waals surface area (Å²) in [5.74, 6) is -0.277. The molecule has 2 aromatic rings. The molecule has 132 valence electrons. The van der Waals surface area contributed by atoms with Gasteiger partial charge in [0.15, 0.2) is 0 Å². The first-order valence-corrected chi connectivity index (χ1v) is 8.46. The molecule has 0 spiro atoms. The van der Waals surface area contributed by atoms with Gasteiger partial charge in [-0.05, 0) is 31.0 Å². The molecule has 1 fully saturated rings. The van der Waals surface area contributed by atoms with Gasteiger partial charge < -0.3 is 9.80 Å². The lowest BCUT2D eigenvalue weighted by Gasteiger charge is -2.22. The Morgan fingerprint density at radius 2 is 2.12 bits per heavy atom. The predicted octanol–water partition coefficient (Wildman–Crippen LogP) is 2.05. The van der Waals surface area contributed by atoms with E-state index in [-0.39, 0.29) is 24.2 Å². The second kappa shape index (κ2) is 6.70. The number of hydrogen-bond donors (Lipinski definition) is 0. The number of nitrogens with zero attached hydrogens (tertiary/aromatic N) is 4. The van der Waals surface area contributed by atoms with Gasteiger partial charge in [0.2, 0.25) is 11.8 Å². The van der Waals surface area contributed by atoms with Crippen LogP contribution in [0.2, 0.25) is 0 Å². The largest absolute Gasteiger partial charge is 0.341 e. The van der Waals surface area contributed by atoms with Gasteiger partial charge in [0, 0.05) is 51.1 Å². The molecule has 0 saturated carbocycles. The topological polar surface area (TPSA) is 58.4 Å². The first-order valence-electron chi connectivity index (χ1n) is 8.46. The van der Waals surface area contributed by atoms with Gasteiger partial charge in [-0.2, -0.15) is 5.10 Å². The average molecular weight is 340 g/mol. The molecular formula is C19H24N4O2. The number of carbonyl (C=O) groups excluding carboxylic acids is 2. The summed E-state index contributed by atoms with van der Waals surface area (Å²) in [6, 6.07) is 5.94. The Kier molecular flexibility index (Phi) is 4.61. The van der Waals surface area contributed by atoms with E-state index in [4.69, 9.17) is 0 Å². The van der Waals surface area contributed by atoms with E-state index >= 15 is 0 Å². The van der Waals surface area contributed by atoms with E-state index in [1.807, 2.05) is 45.3 Å². The minimum atomic E-state index is -0.297. The van der Waals surface area contributed by atoms with Crippen LogP contribution in [0.5, 0.6) is 0 Å². The second-order valence-corrected chi connectivity index (χ2v) is 6.84. The van der Waals surface area contributed by atoms with E-state index in [1.165, 1.54) is 0 Å². The summed E-state index contributed by atoms with van der Waals surface area (Å²) in [6.07, 6.45) is 3.92. The Balaban J connectivity index is 1.71. The summed E-state index contributed by atoms with van der Waals surface area (Å²) in [6.45, 7) is 4.99. The van der Waals surface area contributed by atoms with Crippen LogP contribution < -0.4 is 4.90 Å². The van der Waals surface area contributed by atoms with Crippen molar-refractivity contribution in [3.63, 3.8) is 0 Å². The smallest absolute Gasteiger partial charge is 0.228 e. The molecule has 1 saturated heterocycles. The molecule has 0 N–H and O–H groups in total. The lowest BCUT2D eigenvalue weighted by Crippen LogP contribution is -2.34. The lowest BCUT2D eigenvalue weighted by molar-refractivity contribution is -0.135. The number of aryl methyl sites for hydroxylation is 2. The van der Waals surface area contributed by atoms with Crippen LogP contribution in [0.1, 0.15) is 23.1 Å². The van der Waals surface area contributed by atoms with Crippen molar-refractivity contribution < 1.29 is 9.59 Å². The van der Waals surface area contributed by atoms with Gasteiger partial charge in [-0.1, -0.05) is 12.1 Å². The van der Waals surface area contributed by atoms with Crippen LogP contribution in [0.25, 0.3) is 0 Å². The highest BCUT2D eigenvalue weighted by Gasteiger charge is 2.37. The van der Waals surface area contributed by atoms with Crippen molar-refractivity contribution in [1.29, 1.82) is 0 Å². The van der Waals surface area contributed by atoms with Crippen molar-refractivity contribution in [2.75, 3.05) is 18.5 Å². The van der Waals surface area contributed by atoms with Gasteiger partial charge >= 0.3 is 0 Å². The molecule has 0 bridgehead atoms. The number of rotatable bonds is 4. The normalized spacial score (nSPS) is 17.2. The summed E-state index contributed by atoms with van der Waals surface area (Å²) in [5.41, 5.74) is 4.13. The van der Waals surface area contributed by atoms with Crippen LogP contribution >= 0.6 is 0 Å². The van der Waals surface area contributed by atoms with Crippen LogP contribution in [0.3, 0.4) is 0 Å². The maximum absolute atomic E-state index is 12.8. The van der Waals surface area contributed by atoms with Crippen LogP contribution in [0, 0.1) is 19.8 Å². The maximum Gasteiger partial charge on any atom is 0.228 e. The Bertz CT molecular complexity index is 812. The number of carbonyl (C=O) groups is 2.